The summed E-state index contributed by atoms with van der Waals surface area (Å²) in [6.45, 7) is 1.25. The Morgan fingerprint density at radius 1 is 1.28 bits per heavy atom. The molecule has 0 fully saturated rings. The van der Waals surface area contributed by atoms with Crippen molar-refractivity contribution in [2.75, 3.05) is 13.7 Å². The number of nitrogens with one attached hydrogen (secondary N) is 2. The van der Waals surface area contributed by atoms with E-state index in [2.05, 4.69) is 5.32 Å². The summed E-state index contributed by atoms with van der Waals surface area (Å²) < 4.78 is 30.7. The Morgan fingerprint density at radius 2 is 1.93 bits per heavy atom. The molecule has 0 saturated carbocycles. The second kappa shape index (κ2) is 9.47. The number of hydrogen-bond donors (Lipinski definition) is 2. The highest BCUT2D eigenvalue weighted by Gasteiger charge is 2.27. The number of carbonyl (C=O) groups is 2. The van der Waals surface area contributed by atoms with E-state index in [1.165, 1.54) is 14.0 Å². The van der Waals surface area contributed by atoms with Gasteiger partial charge in [-0.05, 0) is 18.9 Å². The van der Waals surface area contributed by atoms with Gasteiger partial charge in [0, 0.05) is 12.6 Å². The molecule has 1 aromatic carbocycles. The number of aryl methyl sites for hydroxylation is 1. The summed E-state index contributed by atoms with van der Waals surface area (Å²) >= 11 is 0.680. The molecular formula is C17H19N3O7S2. The third-order valence-electron chi connectivity index (χ3n) is 3.93. The van der Waals surface area contributed by atoms with Crippen LogP contribution in [0.25, 0.3) is 0 Å². The van der Waals surface area contributed by atoms with E-state index >= 15 is 0 Å². The van der Waals surface area contributed by atoms with E-state index in [9.17, 15) is 28.1 Å². The van der Waals surface area contributed by atoms with Gasteiger partial charge in [0.05, 0.1) is 22.8 Å². The van der Waals surface area contributed by atoms with Gasteiger partial charge in [0.15, 0.2) is 0 Å². The fourth-order valence-corrected chi connectivity index (χ4v) is 4.82. The first-order chi connectivity index (χ1) is 13.6. The quantitative estimate of drug-likeness (QED) is 0.362. The lowest BCUT2D eigenvalue weighted by atomic mass is 9.99. The number of esters is 1. The Labute approximate surface area is 171 Å². The molecule has 29 heavy (non-hydrogen) atoms. The lowest BCUT2D eigenvalue weighted by molar-refractivity contribution is -0.385. The zero-order valence-corrected chi connectivity index (χ0v) is 17.2. The molecule has 0 saturated heterocycles. The lowest BCUT2D eigenvalue weighted by Crippen LogP contribution is -2.43. The molecule has 1 aromatic heterocycles. The monoisotopic (exact) mass is 441 g/mol. The van der Waals surface area contributed by atoms with Gasteiger partial charge >= 0.3 is 12.0 Å². The Morgan fingerprint density at radius 3 is 2.48 bits per heavy atom. The van der Waals surface area contributed by atoms with Gasteiger partial charge < -0.3 is 10.1 Å². The van der Waals surface area contributed by atoms with E-state index in [1.807, 2.05) is 18.2 Å². The molecule has 1 atom stereocenters. The number of nitrogens with zero attached hydrogens (tertiary/aromatic N) is 1. The van der Waals surface area contributed by atoms with Crippen LogP contribution >= 0.6 is 11.3 Å². The molecule has 0 bridgehead atoms. The Bertz CT molecular complexity index is 1000. The minimum atomic E-state index is -4.29. The maximum absolute atomic E-state index is 12.3. The van der Waals surface area contributed by atoms with Crippen molar-refractivity contribution in [2.45, 2.75) is 17.6 Å². The van der Waals surface area contributed by atoms with Gasteiger partial charge in [-0.25, -0.2) is 17.9 Å². The summed E-state index contributed by atoms with van der Waals surface area (Å²) in [4.78, 5) is 34.4. The van der Waals surface area contributed by atoms with Crippen LogP contribution in [0.3, 0.4) is 0 Å². The van der Waals surface area contributed by atoms with Gasteiger partial charge in [-0.3, -0.25) is 14.9 Å². The number of carbonyl (C=O) groups excluding carboxylic acids is 2. The summed E-state index contributed by atoms with van der Waals surface area (Å²) in [6.07, 6.45) is 0.289. The maximum atomic E-state index is 12.3. The van der Waals surface area contributed by atoms with Crippen LogP contribution in [0.5, 0.6) is 0 Å². The molecule has 2 N–H and O–H groups in total. The number of urea groups is 1. The van der Waals surface area contributed by atoms with Crippen molar-refractivity contribution >= 4 is 39.0 Å². The van der Waals surface area contributed by atoms with Crippen molar-refractivity contribution in [3.63, 3.8) is 0 Å². The van der Waals surface area contributed by atoms with Gasteiger partial charge in [-0.2, -0.15) is 0 Å². The first-order valence-corrected chi connectivity index (χ1v) is 10.6. The van der Waals surface area contributed by atoms with E-state index < -0.39 is 32.9 Å². The van der Waals surface area contributed by atoms with Gasteiger partial charge in [0.2, 0.25) is 0 Å². The third-order valence-corrected chi connectivity index (χ3v) is 6.77. The summed E-state index contributed by atoms with van der Waals surface area (Å²) in [7, 11) is -3.07. The van der Waals surface area contributed by atoms with Crippen LogP contribution in [-0.4, -0.2) is 39.0 Å². The fraction of sp³-hybridized carbons (Fsp3) is 0.294. The highest BCUT2D eigenvalue weighted by molar-refractivity contribution is 7.92. The Hall–Kier alpha value is -2.99. The third kappa shape index (κ3) is 5.99. The van der Waals surface area contributed by atoms with Gasteiger partial charge in [-0.15, -0.1) is 11.3 Å². The van der Waals surface area contributed by atoms with E-state index in [0.29, 0.717) is 11.3 Å². The van der Waals surface area contributed by atoms with Crippen LogP contribution in [-0.2, 0) is 26.0 Å². The number of sulfonamides is 1. The van der Waals surface area contributed by atoms with Crippen LogP contribution in [0.15, 0.2) is 40.6 Å². The normalized spacial score (nSPS) is 12.1. The summed E-state index contributed by atoms with van der Waals surface area (Å²) in [5.41, 5.74) is 0.503. The van der Waals surface area contributed by atoms with Crippen molar-refractivity contribution in [1.82, 2.24) is 10.0 Å². The lowest BCUT2D eigenvalue weighted by Gasteiger charge is -2.16. The summed E-state index contributed by atoms with van der Waals surface area (Å²) in [6, 6.07) is 8.89. The molecule has 156 valence electrons. The predicted octanol–water partition coefficient (Wildman–Crippen LogP) is 1.98. The Kier molecular flexibility index (Phi) is 7.29. The van der Waals surface area contributed by atoms with Gasteiger partial charge in [-0.1, -0.05) is 30.3 Å². The number of hydrogen-bond acceptors (Lipinski definition) is 8. The fourth-order valence-electron chi connectivity index (χ4n) is 2.49. The Balaban J connectivity index is 2.03. The molecule has 0 aliphatic carbocycles. The summed E-state index contributed by atoms with van der Waals surface area (Å²) in [5, 5.41) is 13.2. The number of benzene rings is 1. The second-order valence-electron chi connectivity index (χ2n) is 5.99. The van der Waals surface area contributed by atoms with Crippen molar-refractivity contribution in [1.29, 1.82) is 0 Å². The van der Waals surface area contributed by atoms with Crippen molar-refractivity contribution in [2.24, 2.45) is 5.92 Å². The molecule has 10 nitrogen and oxygen atoms in total. The molecule has 2 aromatic rings. The highest BCUT2D eigenvalue weighted by Crippen LogP contribution is 2.30. The van der Waals surface area contributed by atoms with Gasteiger partial charge in [0.1, 0.15) is 4.21 Å². The number of amides is 2. The smallest absolute Gasteiger partial charge is 0.328 e. The SMILES string of the molecule is COC(=O)C(CNC(=O)NS(=O)(=O)c1cc([N+](=O)[O-])c(C)s1)Cc1ccccc1. The molecular weight excluding hydrogens is 422 g/mol. The molecule has 2 rings (SSSR count). The highest BCUT2D eigenvalue weighted by atomic mass is 32.2. The maximum Gasteiger partial charge on any atom is 0.328 e. The molecule has 12 heteroatoms. The molecule has 1 heterocycles. The number of rotatable bonds is 8. The molecule has 0 aliphatic rings. The average Bonchev–Trinajstić information content (AvgIpc) is 3.08. The van der Waals surface area contributed by atoms with Crippen LogP contribution < -0.4 is 10.0 Å². The largest absolute Gasteiger partial charge is 0.469 e. The topological polar surface area (TPSA) is 145 Å². The van der Waals surface area contributed by atoms with Gasteiger partial charge in [0.25, 0.3) is 15.7 Å². The molecule has 1 unspecified atom stereocenters. The van der Waals surface area contributed by atoms with E-state index in [-0.39, 0.29) is 27.7 Å². The number of ether oxygens (including phenoxy) is 1. The number of thiophene rings is 1. The molecule has 0 radical (unpaired) electrons. The van der Waals surface area contributed by atoms with Crippen molar-refractivity contribution < 1.29 is 27.7 Å². The van der Waals surface area contributed by atoms with Crippen LogP contribution in [0.4, 0.5) is 10.5 Å². The first-order valence-electron chi connectivity index (χ1n) is 8.31. The van der Waals surface area contributed by atoms with E-state index in [0.717, 1.165) is 11.6 Å². The molecule has 0 spiro atoms. The van der Waals surface area contributed by atoms with Crippen LogP contribution in [0.1, 0.15) is 10.4 Å². The van der Waals surface area contributed by atoms with E-state index in [1.54, 1.807) is 16.9 Å². The minimum Gasteiger partial charge on any atom is -0.469 e. The van der Waals surface area contributed by atoms with Crippen LogP contribution in [0, 0.1) is 23.0 Å². The number of nitro groups is 1. The standard InChI is InChI=1S/C17H19N3O7S2/c1-11-14(20(23)24)9-15(28-11)29(25,26)19-17(22)18-10-13(16(21)27-2)8-12-6-4-3-5-7-12/h3-7,9,13H,8,10H2,1-2H3,(H2,18,19,22). The van der Waals surface area contributed by atoms with E-state index in [4.69, 9.17) is 4.74 Å². The predicted molar refractivity (Wildman–Crippen MR) is 105 cm³/mol. The first kappa shape index (κ1) is 22.3. The molecule has 2 amide bonds. The zero-order chi connectivity index (χ0) is 21.6. The zero-order valence-electron chi connectivity index (χ0n) is 15.6. The second-order valence-corrected chi connectivity index (χ2v) is 9.15. The minimum absolute atomic E-state index is 0.160. The average molecular weight is 441 g/mol. The summed E-state index contributed by atoms with van der Waals surface area (Å²) in [5.74, 6) is -1.28. The van der Waals surface area contributed by atoms with Crippen molar-refractivity contribution in [3.8, 4) is 0 Å². The number of methoxy groups -OCH3 is 1. The molecule has 0 aliphatic heterocycles. The van der Waals surface area contributed by atoms with Crippen LogP contribution in [0.2, 0.25) is 0 Å². The van der Waals surface area contributed by atoms with Crippen molar-refractivity contribution in [3.05, 3.63) is 57.0 Å².